The van der Waals surface area contributed by atoms with Gasteiger partial charge in [0, 0.05) is 18.0 Å². The lowest BCUT2D eigenvalue weighted by atomic mass is 9.93. The molecule has 1 fully saturated rings. The van der Waals surface area contributed by atoms with Crippen LogP contribution in [-0.2, 0) is 0 Å². The molecular formula is C16H24N2OS. The molecule has 1 heterocycles. The van der Waals surface area contributed by atoms with Crippen molar-refractivity contribution in [2.45, 2.75) is 24.2 Å². The van der Waals surface area contributed by atoms with Crippen molar-refractivity contribution in [3.63, 3.8) is 0 Å². The first-order valence-electron chi connectivity index (χ1n) is 7.33. The normalized spacial score (nSPS) is 16.4. The molecule has 0 aromatic heterocycles. The molecule has 2 rings (SSSR count). The number of nitrogens with zero attached hydrogens (tertiary/aromatic N) is 1. The highest BCUT2D eigenvalue weighted by molar-refractivity contribution is 7.98. The number of hydrogen-bond acceptors (Lipinski definition) is 3. The second-order valence-electron chi connectivity index (χ2n) is 5.33. The van der Waals surface area contributed by atoms with E-state index in [0.29, 0.717) is 0 Å². The Labute approximate surface area is 126 Å². The molecule has 1 aliphatic rings. The fourth-order valence-electron chi connectivity index (χ4n) is 2.76. The largest absolute Gasteiger partial charge is 0.339 e. The zero-order valence-corrected chi connectivity index (χ0v) is 13.2. The summed E-state index contributed by atoms with van der Waals surface area (Å²) in [6.07, 6.45) is 5.51. The summed E-state index contributed by atoms with van der Waals surface area (Å²) in [6.45, 7) is 2.87. The Balaban J connectivity index is 1.94. The molecular weight excluding hydrogens is 268 g/mol. The van der Waals surface area contributed by atoms with Crippen LogP contribution in [0.5, 0.6) is 0 Å². The number of rotatable bonds is 5. The molecule has 110 valence electrons. The fraction of sp³-hybridized carbons (Fsp3) is 0.562. The molecule has 1 aromatic rings. The number of likely N-dealkylation sites (tertiary alicyclic amines) is 1. The van der Waals surface area contributed by atoms with E-state index in [-0.39, 0.29) is 5.91 Å². The predicted molar refractivity (Wildman–Crippen MR) is 85.4 cm³/mol. The summed E-state index contributed by atoms with van der Waals surface area (Å²) in [4.78, 5) is 15.7. The van der Waals surface area contributed by atoms with E-state index < -0.39 is 0 Å². The van der Waals surface area contributed by atoms with Gasteiger partial charge < -0.3 is 10.2 Å². The van der Waals surface area contributed by atoms with E-state index in [4.69, 9.17) is 0 Å². The molecule has 0 saturated carbocycles. The number of carbonyl (C=O) groups excluding carboxylic acids is 1. The second-order valence-corrected chi connectivity index (χ2v) is 6.18. The monoisotopic (exact) mass is 292 g/mol. The van der Waals surface area contributed by atoms with Crippen LogP contribution < -0.4 is 5.32 Å². The van der Waals surface area contributed by atoms with E-state index >= 15 is 0 Å². The molecule has 1 N–H and O–H groups in total. The van der Waals surface area contributed by atoms with Gasteiger partial charge in [0.05, 0.1) is 5.56 Å². The van der Waals surface area contributed by atoms with Crippen molar-refractivity contribution in [3.8, 4) is 0 Å². The van der Waals surface area contributed by atoms with Crippen molar-refractivity contribution in [2.24, 2.45) is 5.92 Å². The Bertz CT molecular complexity index is 442. The fourth-order valence-corrected chi connectivity index (χ4v) is 3.35. The topological polar surface area (TPSA) is 32.3 Å². The minimum atomic E-state index is 0.196. The van der Waals surface area contributed by atoms with Crippen LogP contribution in [0.1, 0.15) is 29.6 Å². The third kappa shape index (κ3) is 3.76. The molecule has 0 aliphatic carbocycles. The molecule has 1 amide bonds. The number of benzene rings is 1. The summed E-state index contributed by atoms with van der Waals surface area (Å²) in [7, 11) is 2.00. The molecule has 0 atom stereocenters. The number of nitrogens with one attached hydrogen (secondary N) is 1. The number of hydrogen-bond donors (Lipinski definition) is 1. The standard InChI is InChI=1S/C16H24N2OS/c1-17-10-7-13-8-11-18(12-9-13)16(19)14-5-3-4-6-15(14)20-2/h3-6,13,17H,7-12H2,1-2H3. The third-order valence-electron chi connectivity index (χ3n) is 4.04. The van der Waals surface area contributed by atoms with Crippen molar-refractivity contribution in [1.82, 2.24) is 10.2 Å². The van der Waals surface area contributed by atoms with Crippen LogP contribution in [0, 0.1) is 5.92 Å². The SMILES string of the molecule is CNCCC1CCN(C(=O)c2ccccc2SC)CC1. The van der Waals surface area contributed by atoms with Gasteiger partial charge in [-0.3, -0.25) is 4.79 Å². The Morgan fingerprint density at radius 3 is 2.70 bits per heavy atom. The molecule has 1 aliphatic heterocycles. The second kappa shape index (κ2) is 7.70. The first-order chi connectivity index (χ1) is 9.76. The van der Waals surface area contributed by atoms with Gasteiger partial charge in [0.25, 0.3) is 5.91 Å². The first kappa shape index (κ1) is 15.4. The maximum absolute atomic E-state index is 12.6. The lowest BCUT2D eigenvalue weighted by Gasteiger charge is -2.32. The van der Waals surface area contributed by atoms with Crippen LogP contribution in [0.15, 0.2) is 29.2 Å². The Morgan fingerprint density at radius 2 is 2.05 bits per heavy atom. The summed E-state index contributed by atoms with van der Waals surface area (Å²) in [5, 5.41) is 3.21. The highest BCUT2D eigenvalue weighted by Gasteiger charge is 2.24. The molecule has 4 heteroatoms. The number of amides is 1. The van der Waals surface area contributed by atoms with Gasteiger partial charge in [0.1, 0.15) is 0 Å². The Kier molecular flexibility index (Phi) is 5.92. The Hall–Kier alpha value is -1.00. The summed E-state index contributed by atoms with van der Waals surface area (Å²) in [5.74, 6) is 0.962. The average molecular weight is 292 g/mol. The van der Waals surface area contributed by atoms with Gasteiger partial charge in [-0.2, -0.15) is 0 Å². The smallest absolute Gasteiger partial charge is 0.254 e. The van der Waals surface area contributed by atoms with Gasteiger partial charge in [0.15, 0.2) is 0 Å². The van der Waals surface area contributed by atoms with Crippen LogP contribution in [0.2, 0.25) is 0 Å². The highest BCUT2D eigenvalue weighted by atomic mass is 32.2. The van der Waals surface area contributed by atoms with Crippen LogP contribution >= 0.6 is 11.8 Å². The maximum atomic E-state index is 12.6. The van der Waals surface area contributed by atoms with Crippen molar-refractivity contribution in [3.05, 3.63) is 29.8 Å². The quantitative estimate of drug-likeness (QED) is 0.847. The van der Waals surface area contributed by atoms with E-state index in [1.54, 1.807) is 11.8 Å². The minimum Gasteiger partial charge on any atom is -0.339 e. The lowest BCUT2D eigenvalue weighted by Crippen LogP contribution is -2.39. The summed E-state index contributed by atoms with van der Waals surface area (Å²) in [6, 6.07) is 7.91. The summed E-state index contributed by atoms with van der Waals surface area (Å²) >= 11 is 1.64. The van der Waals surface area contributed by atoms with E-state index in [9.17, 15) is 4.79 Å². The molecule has 1 saturated heterocycles. The van der Waals surface area contributed by atoms with Gasteiger partial charge in [-0.15, -0.1) is 11.8 Å². The minimum absolute atomic E-state index is 0.196. The van der Waals surface area contributed by atoms with Crippen LogP contribution in [0.3, 0.4) is 0 Å². The molecule has 0 spiro atoms. The average Bonchev–Trinajstić information content (AvgIpc) is 2.52. The van der Waals surface area contributed by atoms with E-state index in [0.717, 1.165) is 48.9 Å². The Morgan fingerprint density at radius 1 is 1.35 bits per heavy atom. The van der Waals surface area contributed by atoms with Crippen LogP contribution in [0.4, 0.5) is 0 Å². The molecule has 1 aromatic carbocycles. The van der Waals surface area contributed by atoms with Gasteiger partial charge in [0.2, 0.25) is 0 Å². The molecule has 0 bridgehead atoms. The summed E-state index contributed by atoms with van der Waals surface area (Å²) < 4.78 is 0. The molecule has 0 radical (unpaired) electrons. The number of carbonyl (C=O) groups is 1. The van der Waals surface area contributed by atoms with Gasteiger partial charge in [-0.25, -0.2) is 0 Å². The zero-order valence-electron chi connectivity index (χ0n) is 12.4. The van der Waals surface area contributed by atoms with Gasteiger partial charge >= 0.3 is 0 Å². The highest BCUT2D eigenvalue weighted by Crippen LogP contribution is 2.25. The third-order valence-corrected chi connectivity index (χ3v) is 4.84. The predicted octanol–water partition coefficient (Wildman–Crippen LogP) is 2.87. The van der Waals surface area contributed by atoms with Gasteiger partial charge in [-0.1, -0.05) is 12.1 Å². The van der Waals surface area contributed by atoms with E-state index in [1.807, 2.05) is 42.5 Å². The first-order valence-corrected chi connectivity index (χ1v) is 8.55. The van der Waals surface area contributed by atoms with Crippen LogP contribution in [-0.4, -0.2) is 43.7 Å². The lowest BCUT2D eigenvalue weighted by molar-refractivity contribution is 0.0683. The number of piperidine rings is 1. The van der Waals surface area contributed by atoms with Crippen molar-refractivity contribution >= 4 is 17.7 Å². The van der Waals surface area contributed by atoms with E-state index in [2.05, 4.69) is 5.32 Å². The van der Waals surface area contributed by atoms with Crippen molar-refractivity contribution in [1.29, 1.82) is 0 Å². The maximum Gasteiger partial charge on any atom is 0.254 e. The number of thioether (sulfide) groups is 1. The van der Waals surface area contributed by atoms with E-state index in [1.165, 1.54) is 6.42 Å². The molecule has 0 unspecified atom stereocenters. The van der Waals surface area contributed by atoms with Gasteiger partial charge in [-0.05, 0) is 57.2 Å². The summed E-state index contributed by atoms with van der Waals surface area (Å²) in [5.41, 5.74) is 0.855. The molecule has 3 nitrogen and oxygen atoms in total. The van der Waals surface area contributed by atoms with Crippen molar-refractivity contribution in [2.75, 3.05) is 32.9 Å². The van der Waals surface area contributed by atoms with Crippen LogP contribution in [0.25, 0.3) is 0 Å². The van der Waals surface area contributed by atoms with Crippen molar-refractivity contribution < 1.29 is 4.79 Å². The zero-order chi connectivity index (χ0) is 14.4. The molecule has 20 heavy (non-hydrogen) atoms.